The number of morpholine rings is 1. The van der Waals surface area contributed by atoms with E-state index in [2.05, 4.69) is 5.32 Å². The van der Waals surface area contributed by atoms with Crippen molar-refractivity contribution in [2.75, 3.05) is 43.1 Å². The fourth-order valence-electron chi connectivity index (χ4n) is 1.90. The van der Waals surface area contributed by atoms with Crippen LogP contribution in [0, 0.1) is 0 Å². The molecule has 114 valence electrons. The fourth-order valence-corrected chi connectivity index (χ4v) is 2.81. The summed E-state index contributed by atoms with van der Waals surface area (Å²) in [5, 5.41) is 3.32. The highest BCUT2D eigenvalue weighted by atomic mass is 35.5. The number of amides is 2. The van der Waals surface area contributed by atoms with Gasteiger partial charge in [-0.1, -0.05) is 17.7 Å². The molecular weight excluding hydrogens is 312 g/mol. The van der Waals surface area contributed by atoms with Crippen molar-refractivity contribution in [3.05, 3.63) is 29.3 Å². The summed E-state index contributed by atoms with van der Waals surface area (Å²) < 4.78 is 5.19. The highest BCUT2D eigenvalue weighted by molar-refractivity contribution is 8.00. The highest BCUT2D eigenvalue weighted by Crippen LogP contribution is 2.15. The third-order valence-electron chi connectivity index (χ3n) is 2.93. The molecule has 0 radical (unpaired) electrons. The second-order valence-corrected chi connectivity index (χ2v) is 5.97. The average molecular weight is 329 g/mol. The predicted molar refractivity (Wildman–Crippen MR) is 84.8 cm³/mol. The summed E-state index contributed by atoms with van der Waals surface area (Å²) in [7, 11) is 0. The summed E-state index contributed by atoms with van der Waals surface area (Å²) in [6, 6.07) is 6.97. The van der Waals surface area contributed by atoms with Crippen LogP contribution in [-0.2, 0) is 14.3 Å². The molecule has 2 amide bonds. The molecule has 1 saturated heterocycles. The molecule has 5 nitrogen and oxygen atoms in total. The van der Waals surface area contributed by atoms with Gasteiger partial charge in [0.2, 0.25) is 11.8 Å². The van der Waals surface area contributed by atoms with Crippen LogP contribution < -0.4 is 5.32 Å². The lowest BCUT2D eigenvalue weighted by Gasteiger charge is -2.26. The fraction of sp³-hybridized carbons (Fsp3) is 0.429. The van der Waals surface area contributed by atoms with Gasteiger partial charge in [0.15, 0.2) is 0 Å². The van der Waals surface area contributed by atoms with Gasteiger partial charge in [-0.2, -0.15) is 0 Å². The minimum absolute atomic E-state index is 0.0545. The zero-order valence-electron chi connectivity index (χ0n) is 11.5. The van der Waals surface area contributed by atoms with Gasteiger partial charge in [-0.3, -0.25) is 9.59 Å². The molecule has 1 heterocycles. The van der Waals surface area contributed by atoms with Gasteiger partial charge in [-0.05, 0) is 18.2 Å². The molecule has 0 saturated carbocycles. The Kier molecular flexibility index (Phi) is 6.35. The minimum atomic E-state index is -0.142. The summed E-state index contributed by atoms with van der Waals surface area (Å²) >= 11 is 7.15. The van der Waals surface area contributed by atoms with E-state index in [-0.39, 0.29) is 17.6 Å². The Morgan fingerprint density at radius 2 is 2.05 bits per heavy atom. The van der Waals surface area contributed by atoms with E-state index in [0.29, 0.717) is 42.8 Å². The van der Waals surface area contributed by atoms with Crippen LogP contribution in [0.5, 0.6) is 0 Å². The predicted octanol–water partition coefficient (Wildman–Crippen LogP) is 1.87. The topological polar surface area (TPSA) is 58.6 Å². The maximum atomic E-state index is 11.9. The molecule has 1 N–H and O–H groups in total. The average Bonchev–Trinajstić information content (AvgIpc) is 2.48. The van der Waals surface area contributed by atoms with E-state index in [4.69, 9.17) is 16.3 Å². The third kappa shape index (κ3) is 5.57. The monoisotopic (exact) mass is 328 g/mol. The van der Waals surface area contributed by atoms with E-state index >= 15 is 0 Å². The smallest absolute Gasteiger partial charge is 0.234 e. The van der Waals surface area contributed by atoms with Gasteiger partial charge in [0, 0.05) is 23.8 Å². The van der Waals surface area contributed by atoms with Crippen molar-refractivity contribution in [3.63, 3.8) is 0 Å². The van der Waals surface area contributed by atoms with Crippen molar-refractivity contribution >= 4 is 40.9 Å². The number of carbonyl (C=O) groups excluding carboxylic acids is 2. The van der Waals surface area contributed by atoms with Crippen LogP contribution in [0.25, 0.3) is 0 Å². The number of ether oxygens (including phenoxy) is 1. The summed E-state index contributed by atoms with van der Waals surface area (Å²) in [4.78, 5) is 25.4. The van der Waals surface area contributed by atoms with Crippen LogP contribution in [0.2, 0.25) is 5.02 Å². The summed E-state index contributed by atoms with van der Waals surface area (Å²) in [6.45, 7) is 2.44. The number of carbonyl (C=O) groups is 2. The standard InChI is InChI=1S/C14H17ClN2O3S/c15-11-2-1-3-12(8-11)16-13(18)9-21-10-14(19)17-4-6-20-7-5-17/h1-3,8H,4-7,9-10H2,(H,16,18). The lowest BCUT2D eigenvalue weighted by molar-refractivity contribution is -0.132. The van der Waals surface area contributed by atoms with Crippen molar-refractivity contribution in [2.24, 2.45) is 0 Å². The maximum Gasteiger partial charge on any atom is 0.234 e. The van der Waals surface area contributed by atoms with Crippen molar-refractivity contribution < 1.29 is 14.3 Å². The zero-order chi connectivity index (χ0) is 15.1. The molecule has 1 fully saturated rings. The lowest BCUT2D eigenvalue weighted by Crippen LogP contribution is -2.41. The number of hydrogen-bond donors (Lipinski definition) is 1. The Labute approximate surface area is 133 Å². The number of nitrogens with one attached hydrogen (secondary N) is 1. The molecule has 0 atom stereocenters. The molecule has 1 aliphatic rings. The van der Waals surface area contributed by atoms with Crippen LogP contribution in [0.3, 0.4) is 0 Å². The molecule has 0 aromatic heterocycles. The van der Waals surface area contributed by atoms with E-state index in [1.165, 1.54) is 11.8 Å². The molecule has 0 bridgehead atoms. The van der Waals surface area contributed by atoms with Gasteiger partial charge in [-0.15, -0.1) is 11.8 Å². The molecule has 0 aliphatic carbocycles. The molecular formula is C14H17ClN2O3S. The van der Waals surface area contributed by atoms with Gasteiger partial charge in [0.1, 0.15) is 0 Å². The van der Waals surface area contributed by atoms with Gasteiger partial charge >= 0.3 is 0 Å². The normalized spacial score (nSPS) is 14.8. The Balaban J connectivity index is 1.68. The van der Waals surface area contributed by atoms with E-state index < -0.39 is 0 Å². The molecule has 1 aromatic rings. The van der Waals surface area contributed by atoms with Gasteiger partial charge in [0.25, 0.3) is 0 Å². The van der Waals surface area contributed by atoms with Crippen LogP contribution in [0.15, 0.2) is 24.3 Å². The quantitative estimate of drug-likeness (QED) is 0.896. The Morgan fingerprint density at radius 3 is 2.76 bits per heavy atom. The van der Waals surface area contributed by atoms with Gasteiger partial charge in [0.05, 0.1) is 24.7 Å². The first-order chi connectivity index (χ1) is 10.1. The Morgan fingerprint density at radius 1 is 1.29 bits per heavy atom. The number of thioether (sulfide) groups is 1. The first-order valence-electron chi connectivity index (χ1n) is 6.64. The van der Waals surface area contributed by atoms with E-state index in [1.54, 1.807) is 29.2 Å². The van der Waals surface area contributed by atoms with Crippen molar-refractivity contribution in [2.45, 2.75) is 0 Å². The van der Waals surface area contributed by atoms with Crippen LogP contribution in [0.1, 0.15) is 0 Å². The van der Waals surface area contributed by atoms with Gasteiger partial charge in [-0.25, -0.2) is 0 Å². The van der Waals surface area contributed by atoms with E-state index in [1.807, 2.05) is 0 Å². The van der Waals surface area contributed by atoms with Crippen LogP contribution >= 0.6 is 23.4 Å². The second kappa shape index (κ2) is 8.26. The second-order valence-electron chi connectivity index (χ2n) is 4.54. The molecule has 7 heteroatoms. The first-order valence-corrected chi connectivity index (χ1v) is 8.17. The minimum Gasteiger partial charge on any atom is -0.378 e. The Bertz CT molecular complexity index is 507. The largest absolute Gasteiger partial charge is 0.378 e. The number of benzene rings is 1. The maximum absolute atomic E-state index is 11.9. The number of halogens is 1. The molecule has 0 unspecified atom stereocenters. The van der Waals surface area contributed by atoms with Crippen LogP contribution in [-0.4, -0.2) is 54.5 Å². The lowest BCUT2D eigenvalue weighted by atomic mass is 10.3. The summed E-state index contributed by atoms with van der Waals surface area (Å²) in [5.74, 6) is 0.460. The first kappa shape index (κ1) is 16.1. The number of rotatable bonds is 5. The highest BCUT2D eigenvalue weighted by Gasteiger charge is 2.16. The summed E-state index contributed by atoms with van der Waals surface area (Å²) in [6.07, 6.45) is 0. The number of nitrogens with zero attached hydrogens (tertiary/aromatic N) is 1. The molecule has 1 aromatic carbocycles. The number of anilines is 1. The van der Waals surface area contributed by atoms with E-state index in [0.717, 1.165) is 0 Å². The van der Waals surface area contributed by atoms with Gasteiger partial charge < -0.3 is 15.0 Å². The molecule has 21 heavy (non-hydrogen) atoms. The molecule has 0 spiro atoms. The molecule has 1 aliphatic heterocycles. The SMILES string of the molecule is O=C(CSCC(=O)N1CCOCC1)Nc1cccc(Cl)c1. The number of hydrogen-bond acceptors (Lipinski definition) is 4. The van der Waals surface area contributed by atoms with Crippen molar-refractivity contribution in [3.8, 4) is 0 Å². The van der Waals surface area contributed by atoms with Crippen molar-refractivity contribution in [1.29, 1.82) is 0 Å². The van der Waals surface area contributed by atoms with Crippen LogP contribution in [0.4, 0.5) is 5.69 Å². The summed E-state index contributed by atoms with van der Waals surface area (Å²) in [5.41, 5.74) is 0.660. The Hall–Kier alpha value is -1.24. The van der Waals surface area contributed by atoms with Crippen molar-refractivity contribution in [1.82, 2.24) is 4.90 Å². The third-order valence-corrected chi connectivity index (χ3v) is 4.08. The van der Waals surface area contributed by atoms with E-state index in [9.17, 15) is 9.59 Å². The molecule has 2 rings (SSSR count). The zero-order valence-corrected chi connectivity index (χ0v) is 13.1.